The first kappa shape index (κ1) is 13.7. The van der Waals surface area contributed by atoms with Crippen molar-refractivity contribution in [2.75, 3.05) is 18.6 Å². The minimum atomic E-state index is -0.747. The van der Waals surface area contributed by atoms with Gasteiger partial charge in [0.2, 0.25) is 0 Å². The van der Waals surface area contributed by atoms with E-state index in [1.54, 1.807) is 10.9 Å². The molecule has 1 aromatic rings. The lowest BCUT2D eigenvalue weighted by atomic mass is 10.2. The molecular formula is C10H18ClN3OS. The molecule has 0 aliphatic carbocycles. The minimum Gasteiger partial charge on any atom is -0.312 e. The number of hydrogen-bond acceptors (Lipinski definition) is 3. The van der Waals surface area contributed by atoms with Crippen molar-refractivity contribution in [1.29, 1.82) is 0 Å². The zero-order valence-corrected chi connectivity index (χ0v) is 11.5. The van der Waals surface area contributed by atoms with Gasteiger partial charge in [-0.1, -0.05) is 18.5 Å². The molecule has 0 aliphatic rings. The van der Waals surface area contributed by atoms with Crippen molar-refractivity contribution in [3.05, 3.63) is 16.4 Å². The maximum absolute atomic E-state index is 10.9. The molecule has 1 N–H and O–H groups in total. The lowest BCUT2D eigenvalue weighted by molar-refractivity contribution is 0.676. The molecule has 6 heteroatoms. The van der Waals surface area contributed by atoms with Crippen LogP contribution in [0.4, 0.5) is 0 Å². The zero-order chi connectivity index (χ0) is 12.1. The van der Waals surface area contributed by atoms with E-state index in [1.165, 1.54) is 0 Å². The lowest BCUT2D eigenvalue weighted by Crippen LogP contribution is -2.20. The van der Waals surface area contributed by atoms with Crippen LogP contribution < -0.4 is 5.32 Å². The van der Waals surface area contributed by atoms with E-state index in [0.717, 1.165) is 24.2 Å². The van der Waals surface area contributed by atoms with Crippen LogP contribution in [0.1, 0.15) is 18.2 Å². The Kier molecular flexibility index (Phi) is 5.44. The van der Waals surface area contributed by atoms with Gasteiger partial charge in [0.1, 0.15) is 5.15 Å². The van der Waals surface area contributed by atoms with E-state index in [-0.39, 0.29) is 0 Å². The van der Waals surface area contributed by atoms with Crippen LogP contribution in [0.5, 0.6) is 0 Å². The van der Waals surface area contributed by atoms with Crippen LogP contribution in [0.2, 0.25) is 5.15 Å². The van der Waals surface area contributed by atoms with Gasteiger partial charge in [0.25, 0.3) is 0 Å². The normalized spacial score (nSPS) is 13.0. The van der Waals surface area contributed by atoms with E-state index in [1.807, 2.05) is 7.05 Å². The highest BCUT2D eigenvalue weighted by Gasteiger charge is 2.12. The molecule has 1 atom stereocenters. The molecule has 92 valence electrons. The topological polar surface area (TPSA) is 46.9 Å². The van der Waals surface area contributed by atoms with Crippen LogP contribution in [-0.2, 0) is 30.8 Å². The SMILES string of the molecule is CCc1nn(C)c(Cl)c1CNCCS(C)=O. The number of nitrogens with one attached hydrogen (secondary N) is 1. The Labute approximate surface area is 104 Å². The third-order valence-electron chi connectivity index (χ3n) is 2.36. The fourth-order valence-corrected chi connectivity index (χ4v) is 2.13. The summed E-state index contributed by atoms with van der Waals surface area (Å²) in [5, 5.41) is 8.24. The molecule has 16 heavy (non-hydrogen) atoms. The summed E-state index contributed by atoms with van der Waals surface area (Å²) < 4.78 is 12.6. The van der Waals surface area contributed by atoms with E-state index in [0.29, 0.717) is 17.5 Å². The van der Waals surface area contributed by atoms with Crippen molar-refractivity contribution in [2.45, 2.75) is 19.9 Å². The van der Waals surface area contributed by atoms with Gasteiger partial charge in [-0.25, -0.2) is 0 Å². The smallest absolute Gasteiger partial charge is 0.131 e. The molecule has 1 aromatic heterocycles. The average Bonchev–Trinajstić information content (AvgIpc) is 2.50. The van der Waals surface area contributed by atoms with Crippen LogP contribution in [0, 0.1) is 0 Å². The summed E-state index contributed by atoms with van der Waals surface area (Å²) in [5.74, 6) is 0.666. The van der Waals surface area contributed by atoms with Crippen molar-refractivity contribution in [2.24, 2.45) is 7.05 Å². The Morgan fingerprint density at radius 3 is 2.81 bits per heavy atom. The molecule has 1 heterocycles. The highest BCUT2D eigenvalue weighted by Crippen LogP contribution is 2.19. The van der Waals surface area contributed by atoms with Crippen LogP contribution >= 0.6 is 11.6 Å². The molecule has 0 aromatic carbocycles. The molecule has 4 nitrogen and oxygen atoms in total. The summed E-state index contributed by atoms with van der Waals surface area (Å²) in [4.78, 5) is 0. The largest absolute Gasteiger partial charge is 0.312 e. The Hall–Kier alpha value is -0.390. The number of rotatable bonds is 6. The second-order valence-electron chi connectivity index (χ2n) is 3.65. The first-order valence-electron chi connectivity index (χ1n) is 5.27. The van der Waals surface area contributed by atoms with E-state index >= 15 is 0 Å². The van der Waals surface area contributed by atoms with E-state index < -0.39 is 10.8 Å². The fourth-order valence-electron chi connectivity index (χ4n) is 1.49. The van der Waals surface area contributed by atoms with Crippen molar-refractivity contribution in [3.63, 3.8) is 0 Å². The molecule has 0 saturated carbocycles. The van der Waals surface area contributed by atoms with E-state index in [2.05, 4.69) is 17.3 Å². The summed E-state index contributed by atoms with van der Waals surface area (Å²) in [5.41, 5.74) is 2.08. The Bertz CT molecular complexity index is 378. The highest BCUT2D eigenvalue weighted by atomic mass is 35.5. The van der Waals surface area contributed by atoms with Gasteiger partial charge >= 0.3 is 0 Å². The van der Waals surface area contributed by atoms with Crippen LogP contribution in [0.3, 0.4) is 0 Å². The molecule has 1 rings (SSSR count). The lowest BCUT2D eigenvalue weighted by Gasteiger charge is -2.03. The second-order valence-corrected chi connectivity index (χ2v) is 5.56. The third-order valence-corrected chi connectivity index (χ3v) is 3.61. The highest BCUT2D eigenvalue weighted by molar-refractivity contribution is 7.84. The summed E-state index contributed by atoms with van der Waals surface area (Å²) in [6, 6.07) is 0. The molecule has 0 radical (unpaired) electrons. The van der Waals surface area contributed by atoms with Crippen LogP contribution in [0.25, 0.3) is 0 Å². The first-order chi connectivity index (χ1) is 7.56. The second kappa shape index (κ2) is 6.37. The van der Waals surface area contributed by atoms with Gasteiger partial charge in [0.05, 0.1) is 5.69 Å². The molecular weight excluding hydrogens is 246 g/mol. The average molecular weight is 264 g/mol. The van der Waals surface area contributed by atoms with E-state index in [9.17, 15) is 4.21 Å². The third kappa shape index (κ3) is 3.57. The van der Waals surface area contributed by atoms with Crippen LogP contribution in [0.15, 0.2) is 0 Å². The van der Waals surface area contributed by atoms with Crippen molar-refractivity contribution >= 4 is 22.4 Å². The molecule has 0 saturated heterocycles. The predicted molar refractivity (Wildman–Crippen MR) is 68.2 cm³/mol. The van der Waals surface area contributed by atoms with Gasteiger partial charge in [-0.2, -0.15) is 5.10 Å². The van der Waals surface area contributed by atoms with Crippen molar-refractivity contribution in [1.82, 2.24) is 15.1 Å². The molecule has 0 amide bonds. The Morgan fingerprint density at radius 1 is 1.56 bits per heavy atom. The number of halogens is 1. The number of aromatic nitrogens is 2. The molecule has 1 unspecified atom stereocenters. The van der Waals surface area contributed by atoms with Gasteiger partial charge in [-0.3, -0.25) is 8.89 Å². The molecule has 0 spiro atoms. The Balaban J connectivity index is 2.55. The summed E-state index contributed by atoms with van der Waals surface area (Å²) in [6.45, 7) is 3.48. The number of nitrogens with zero attached hydrogens (tertiary/aromatic N) is 2. The molecule has 0 aliphatic heterocycles. The van der Waals surface area contributed by atoms with E-state index in [4.69, 9.17) is 11.6 Å². The quantitative estimate of drug-likeness (QED) is 0.782. The predicted octanol–water partition coefficient (Wildman–Crippen LogP) is 1.10. The molecule has 0 bridgehead atoms. The minimum absolute atomic E-state index is 0.666. The summed E-state index contributed by atoms with van der Waals surface area (Å²) in [6.07, 6.45) is 2.58. The Morgan fingerprint density at radius 2 is 2.25 bits per heavy atom. The number of hydrogen-bond donors (Lipinski definition) is 1. The van der Waals surface area contributed by atoms with Gasteiger partial charge in [-0.05, 0) is 6.42 Å². The maximum Gasteiger partial charge on any atom is 0.131 e. The van der Waals surface area contributed by atoms with Crippen molar-refractivity contribution in [3.8, 4) is 0 Å². The van der Waals surface area contributed by atoms with Crippen LogP contribution in [-0.4, -0.2) is 32.5 Å². The van der Waals surface area contributed by atoms with Gasteiger partial charge in [0, 0.05) is 48.5 Å². The first-order valence-corrected chi connectivity index (χ1v) is 7.37. The standard InChI is InChI=1S/C10H18ClN3OS/c1-4-9-8(10(11)14(2)13-9)7-12-5-6-16(3)15/h12H,4-7H2,1-3H3. The number of aryl methyl sites for hydroxylation is 2. The maximum atomic E-state index is 10.9. The zero-order valence-electron chi connectivity index (χ0n) is 9.92. The summed E-state index contributed by atoms with van der Waals surface area (Å²) >= 11 is 6.13. The van der Waals surface area contributed by atoms with Gasteiger partial charge < -0.3 is 5.32 Å². The fraction of sp³-hybridized carbons (Fsp3) is 0.700. The summed E-state index contributed by atoms with van der Waals surface area (Å²) in [7, 11) is 1.09. The van der Waals surface area contributed by atoms with Crippen molar-refractivity contribution < 1.29 is 4.21 Å². The monoisotopic (exact) mass is 263 g/mol. The van der Waals surface area contributed by atoms with Gasteiger partial charge in [0.15, 0.2) is 0 Å². The molecule has 0 fully saturated rings. The van der Waals surface area contributed by atoms with Gasteiger partial charge in [-0.15, -0.1) is 0 Å².